The Kier molecular flexibility index (Phi) is 6.03. The van der Waals surface area contributed by atoms with Crippen LogP contribution in [0.15, 0.2) is 67.0 Å². The maximum Gasteiger partial charge on any atom is 0.374 e. The van der Waals surface area contributed by atoms with Crippen molar-refractivity contribution in [3.8, 4) is 5.88 Å². The van der Waals surface area contributed by atoms with Gasteiger partial charge in [0.05, 0.1) is 16.3 Å². The van der Waals surface area contributed by atoms with Gasteiger partial charge in [-0.25, -0.2) is 4.98 Å². The van der Waals surface area contributed by atoms with Gasteiger partial charge >= 0.3 is 5.69 Å². The Morgan fingerprint density at radius 3 is 2.10 bits per heavy atom. The number of aromatic nitrogens is 2. The first-order valence-corrected chi connectivity index (χ1v) is 10.1. The van der Waals surface area contributed by atoms with E-state index in [0.717, 1.165) is 37.1 Å². The Balaban J connectivity index is 1.69. The third kappa shape index (κ3) is 4.48. The highest BCUT2D eigenvalue weighted by molar-refractivity contribution is 5.71. The summed E-state index contributed by atoms with van der Waals surface area (Å²) >= 11 is 0. The van der Waals surface area contributed by atoms with Crippen LogP contribution in [0.25, 0.3) is 0 Å². The van der Waals surface area contributed by atoms with Crippen LogP contribution in [0, 0.1) is 10.1 Å². The summed E-state index contributed by atoms with van der Waals surface area (Å²) in [5.41, 5.74) is 4.46. The first kappa shape index (κ1) is 19.6. The quantitative estimate of drug-likeness (QED) is 0.423. The third-order valence-corrected chi connectivity index (χ3v) is 5.05. The summed E-state index contributed by atoms with van der Waals surface area (Å²) in [5.74, 6) is 0.0824. The highest BCUT2D eigenvalue weighted by atomic mass is 16.6. The molecular formula is C22H23N5O3. The molecule has 1 aliphatic carbocycles. The number of hydrogen-bond acceptors (Lipinski definition) is 7. The van der Waals surface area contributed by atoms with Crippen molar-refractivity contribution in [2.75, 3.05) is 10.4 Å². The van der Waals surface area contributed by atoms with E-state index in [1.165, 1.54) is 12.7 Å². The van der Waals surface area contributed by atoms with Crippen molar-refractivity contribution in [2.24, 2.45) is 0 Å². The molecule has 4 rings (SSSR count). The van der Waals surface area contributed by atoms with Crippen LogP contribution < -0.4 is 15.2 Å². The maximum absolute atomic E-state index is 11.9. The predicted octanol–water partition coefficient (Wildman–Crippen LogP) is 5.26. The van der Waals surface area contributed by atoms with E-state index in [-0.39, 0.29) is 23.5 Å². The Morgan fingerprint density at radius 1 is 0.933 bits per heavy atom. The van der Waals surface area contributed by atoms with Gasteiger partial charge in [-0.15, -0.1) is 0 Å². The number of hydrogen-bond donors (Lipinski definition) is 1. The molecule has 0 saturated heterocycles. The average Bonchev–Trinajstić information content (AvgIpc) is 2.79. The molecule has 0 amide bonds. The van der Waals surface area contributed by atoms with Crippen molar-refractivity contribution < 1.29 is 9.66 Å². The summed E-state index contributed by atoms with van der Waals surface area (Å²) in [6, 6.07) is 19.1. The second kappa shape index (κ2) is 9.21. The van der Waals surface area contributed by atoms with Gasteiger partial charge in [-0.1, -0.05) is 42.8 Å². The topological polar surface area (TPSA) is 93.4 Å². The summed E-state index contributed by atoms with van der Waals surface area (Å²) in [4.78, 5) is 19.7. The van der Waals surface area contributed by atoms with Gasteiger partial charge in [0.2, 0.25) is 5.82 Å². The van der Waals surface area contributed by atoms with Crippen LogP contribution >= 0.6 is 0 Å². The number of rotatable bonds is 7. The number of hydrazine groups is 1. The minimum absolute atomic E-state index is 0.00507. The lowest BCUT2D eigenvalue weighted by Crippen LogP contribution is -2.26. The van der Waals surface area contributed by atoms with Crippen molar-refractivity contribution in [1.29, 1.82) is 0 Å². The summed E-state index contributed by atoms with van der Waals surface area (Å²) in [5, 5.41) is 13.7. The molecule has 30 heavy (non-hydrogen) atoms. The van der Waals surface area contributed by atoms with Crippen molar-refractivity contribution >= 4 is 22.9 Å². The van der Waals surface area contributed by atoms with Crippen molar-refractivity contribution in [3.63, 3.8) is 0 Å². The molecule has 2 aromatic carbocycles. The fourth-order valence-corrected chi connectivity index (χ4v) is 3.57. The number of nitrogens with zero attached hydrogens (tertiary/aromatic N) is 4. The second-order valence-corrected chi connectivity index (χ2v) is 7.13. The average molecular weight is 405 g/mol. The molecule has 8 nitrogen and oxygen atoms in total. The molecule has 0 unspecified atom stereocenters. The largest absolute Gasteiger partial charge is 0.469 e. The molecule has 0 bridgehead atoms. The Labute approximate surface area is 174 Å². The van der Waals surface area contributed by atoms with Crippen molar-refractivity contribution in [3.05, 3.63) is 77.1 Å². The summed E-state index contributed by atoms with van der Waals surface area (Å²) in [6.45, 7) is 0. The van der Waals surface area contributed by atoms with Gasteiger partial charge in [0.1, 0.15) is 12.4 Å². The number of benzene rings is 2. The molecule has 1 fully saturated rings. The summed E-state index contributed by atoms with van der Waals surface area (Å²) in [6.07, 6.45) is 6.28. The molecule has 0 spiro atoms. The van der Waals surface area contributed by atoms with Gasteiger partial charge in [-0.05, 0) is 49.9 Å². The number of para-hydroxylation sites is 2. The molecule has 154 valence electrons. The van der Waals surface area contributed by atoms with Crippen molar-refractivity contribution in [1.82, 2.24) is 9.97 Å². The van der Waals surface area contributed by atoms with Gasteiger partial charge < -0.3 is 4.74 Å². The van der Waals surface area contributed by atoms with Gasteiger partial charge in [-0.2, -0.15) is 4.98 Å². The fraction of sp³-hybridized carbons (Fsp3) is 0.273. The number of nitro groups is 1. The van der Waals surface area contributed by atoms with E-state index in [4.69, 9.17) is 4.74 Å². The molecular weight excluding hydrogens is 382 g/mol. The summed E-state index contributed by atoms with van der Waals surface area (Å²) in [7, 11) is 0. The minimum atomic E-state index is -0.491. The van der Waals surface area contributed by atoms with Gasteiger partial charge in [0.15, 0.2) is 0 Å². The smallest absolute Gasteiger partial charge is 0.374 e. The van der Waals surface area contributed by atoms with Crippen LogP contribution in [0.3, 0.4) is 0 Å². The van der Waals surface area contributed by atoms with E-state index in [1.54, 1.807) is 5.01 Å². The lowest BCUT2D eigenvalue weighted by Gasteiger charge is -2.26. The normalized spacial score (nSPS) is 14.1. The van der Waals surface area contributed by atoms with Gasteiger partial charge in [0.25, 0.3) is 5.88 Å². The van der Waals surface area contributed by atoms with Crippen LogP contribution in [0.1, 0.15) is 32.1 Å². The van der Waals surface area contributed by atoms with E-state index in [0.29, 0.717) is 0 Å². The first-order valence-electron chi connectivity index (χ1n) is 10.1. The van der Waals surface area contributed by atoms with Gasteiger partial charge in [-0.3, -0.25) is 20.5 Å². The Bertz CT molecular complexity index is 939. The van der Waals surface area contributed by atoms with Gasteiger partial charge in [0, 0.05) is 0 Å². The monoisotopic (exact) mass is 405 g/mol. The zero-order valence-electron chi connectivity index (χ0n) is 16.5. The molecule has 8 heteroatoms. The number of anilines is 3. The Hall–Kier alpha value is -3.68. The van der Waals surface area contributed by atoms with E-state index in [1.807, 2.05) is 60.7 Å². The maximum atomic E-state index is 11.9. The third-order valence-electron chi connectivity index (χ3n) is 5.05. The second-order valence-electron chi connectivity index (χ2n) is 7.13. The molecule has 1 N–H and O–H groups in total. The molecule has 1 aliphatic rings. The SMILES string of the molecule is O=[N+]([O-])c1c(NN(c2ccccc2)c2ccccc2)ncnc1OC1CCCCC1. The molecule has 0 atom stereocenters. The lowest BCUT2D eigenvalue weighted by molar-refractivity contribution is -0.385. The molecule has 1 heterocycles. The molecule has 1 saturated carbocycles. The molecule has 0 aliphatic heterocycles. The zero-order valence-corrected chi connectivity index (χ0v) is 16.5. The molecule has 0 radical (unpaired) electrons. The molecule has 3 aromatic rings. The van der Waals surface area contributed by atoms with Crippen LogP contribution in [0.5, 0.6) is 5.88 Å². The van der Waals surface area contributed by atoms with Crippen molar-refractivity contribution in [2.45, 2.75) is 38.2 Å². The fourth-order valence-electron chi connectivity index (χ4n) is 3.57. The highest BCUT2D eigenvalue weighted by Crippen LogP contribution is 2.35. The van der Waals surface area contributed by atoms with Crippen LogP contribution in [0.4, 0.5) is 22.9 Å². The Morgan fingerprint density at radius 2 is 1.53 bits per heavy atom. The number of nitrogens with one attached hydrogen (secondary N) is 1. The predicted molar refractivity (Wildman–Crippen MR) is 115 cm³/mol. The lowest BCUT2D eigenvalue weighted by atomic mass is 9.98. The summed E-state index contributed by atoms with van der Waals surface area (Å²) < 4.78 is 5.93. The zero-order chi connectivity index (χ0) is 20.8. The standard InChI is InChI=1S/C22H23N5O3/c28-27(29)20-21(23-16-24-22(20)30-19-14-8-3-9-15-19)25-26(17-10-4-1-5-11-17)18-12-6-2-7-13-18/h1-2,4-7,10-13,16,19H,3,8-9,14-15H2,(H,23,24,25). The number of ether oxygens (including phenoxy) is 1. The molecule has 1 aromatic heterocycles. The highest BCUT2D eigenvalue weighted by Gasteiger charge is 2.28. The van der Waals surface area contributed by atoms with E-state index < -0.39 is 4.92 Å². The van der Waals surface area contributed by atoms with Crippen LogP contribution in [-0.4, -0.2) is 21.0 Å². The first-order chi connectivity index (χ1) is 14.7. The van der Waals surface area contributed by atoms with Crippen LogP contribution in [0.2, 0.25) is 0 Å². The van der Waals surface area contributed by atoms with E-state index in [9.17, 15) is 10.1 Å². The van der Waals surface area contributed by atoms with Crippen LogP contribution in [-0.2, 0) is 0 Å². The minimum Gasteiger partial charge on any atom is -0.469 e. The van der Waals surface area contributed by atoms with E-state index in [2.05, 4.69) is 15.4 Å². The van der Waals surface area contributed by atoms with E-state index >= 15 is 0 Å².